The Balaban J connectivity index is 2.62. The summed E-state index contributed by atoms with van der Waals surface area (Å²) in [4.78, 5) is 16.1. The van der Waals surface area contributed by atoms with Crippen LogP contribution in [0.3, 0.4) is 0 Å². The number of nitrogens with zero attached hydrogens (tertiary/aromatic N) is 1. The number of benzene rings is 1. The van der Waals surface area contributed by atoms with Gasteiger partial charge in [0.15, 0.2) is 5.96 Å². The summed E-state index contributed by atoms with van der Waals surface area (Å²) < 4.78 is 0. The SMILES string of the molecule is C=C(C)CNC(N)=NCc1cccc(C(=O)NCCC)c1. The number of carbonyl (C=O) groups excluding carboxylic acids is 1. The van der Waals surface area contributed by atoms with Crippen molar-refractivity contribution in [2.45, 2.75) is 26.8 Å². The minimum atomic E-state index is -0.0592. The Kier molecular flexibility index (Phi) is 7.01. The van der Waals surface area contributed by atoms with E-state index in [0.717, 1.165) is 17.6 Å². The smallest absolute Gasteiger partial charge is 0.251 e. The van der Waals surface area contributed by atoms with Gasteiger partial charge in [-0.05, 0) is 31.0 Å². The molecule has 5 heteroatoms. The number of nitrogens with one attached hydrogen (secondary N) is 2. The van der Waals surface area contributed by atoms with Crippen LogP contribution in [0.25, 0.3) is 0 Å². The predicted molar refractivity (Wildman–Crippen MR) is 87.2 cm³/mol. The topological polar surface area (TPSA) is 79.5 Å². The van der Waals surface area contributed by atoms with E-state index >= 15 is 0 Å². The Bertz CT molecular complexity index is 523. The molecule has 0 saturated carbocycles. The zero-order chi connectivity index (χ0) is 15.7. The molecule has 0 unspecified atom stereocenters. The molecule has 0 spiro atoms. The molecule has 0 aliphatic rings. The summed E-state index contributed by atoms with van der Waals surface area (Å²) in [7, 11) is 0. The van der Waals surface area contributed by atoms with Crippen LogP contribution in [0, 0.1) is 0 Å². The minimum absolute atomic E-state index is 0.0592. The number of hydrogen-bond acceptors (Lipinski definition) is 2. The normalized spacial score (nSPS) is 11.0. The van der Waals surface area contributed by atoms with Crippen molar-refractivity contribution in [2.75, 3.05) is 13.1 Å². The molecule has 1 rings (SSSR count). The van der Waals surface area contributed by atoms with Gasteiger partial charge in [-0.3, -0.25) is 4.79 Å². The van der Waals surface area contributed by atoms with Crippen molar-refractivity contribution in [1.82, 2.24) is 10.6 Å². The van der Waals surface area contributed by atoms with Gasteiger partial charge in [0.1, 0.15) is 0 Å². The van der Waals surface area contributed by atoms with Gasteiger partial charge in [-0.15, -0.1) is 0 Å². The second kappa shape index (κ2) is 8.79. The van der Waals surface area contributed by atoms with Crippen LogP contribution >= 0.6 is 0 Å². The van der Waals surface area contributed by atoms with E-state index < -0.39 is 0 Å². The Morgan fingerprint density at radius 3 is 2.81 bits per heavy atom. The molecule has 21 heavy (non-hydrogen) atoms. The van der Waals surface area contributed by atoms with Gasteiger partial charge >= 0.3 is 0 Å². The first-order chi connectivity index (χ1) is 10.0. The number of carbonyl (C=O) groups is 1. The van der Waals surface area contributed by atoms with E-state index in [1.165, 1.54) is 0 Å². The highest BCUT2D eigenvalue weighted by molar-refractivity contribution is 5.94. The molecule has 114 valence electrons. The van der Waals surface area contributed by atoms with Crippen molar-refractivity contribution < 1.29 is 4.79 Å². The van der Waals surface area contributed by atoms with Crippen molar-refractivity contribution in [3.05, 3.63) is 47.5 Å². The van der Waals surface area contributed by atoms with E-state index in [9.17, 15) is 4.79 Å². The van der Waals surface area contributed by atoms with Crippen LogP contribution in [-0.2, 0) is 6.54 Å². The molecule has 0 heterocycles. The van der Waals surface area contributed by atoms with Crippen molar-refractivity contribution >= 4 is 11.9 Å². The monoisotopic (exact) mass is 288 g/mol. The lowest BCUT2D eigenvalue weighted by molar-refractivity contribution is 0.0953. The molecule has 0 atom stereocenters. The fourth-order valence-electron chi connectivity index (χ4n) is 1.63. The second-order valence-electron chi connectivity index (χ2n) is 4.97. The molecule has 0 aromatic heterocycles. The maximum atomic E-state index is 11.9. The maximum Gasteiger partial charge on any atom is 0.251 e. The Morgan fingerprint density at radius 1 is 1.38 bits per heavy atom. The summed E-state index contributed by atoms with van der Waals surface area (Å²) in [5.41, 5.74) is 8.33. The van der Waals surface area contributed by atoms with E-state index in [1.807, 2.05) is 32.0 Å². The summed E-state index contributed by atoms with van der Waals surface area (Å²) in [6, 6.07) is 7.40. The Hall–Kier alpha value is -2.30. The molecule has 1 aromatic rings. The molecular formula is C16H24N4O. The van der Waals surface area contributed by atoms with Crippen LogP contribution in [-0.4, -0.2) is 25.0 Å². The van der Waals surface area contributed by atoms with Crippen molar-refractivity contribution in [3.8, 4) is 0 Å². The average molecular weight is 288 g/mol. The molecule has 1 amide bonds. The minimum Gasteiger partial charge on any atom is -0.370 e. The zero-order valence-electron chi connectivity index (χ0n) is 12.8. The lowest BCUT2D eigenvalue weighted by atomic mass is 10.1. The van der Waals surface area contributed by atoms with Gasteiger partial charge < -0.3 is 16.4 Å². The van der Waals surface area contributed by atoms with Gasteiger partial charge in [-0.1, -0.05) is 31.2 Å². The van der Waals surface area contributed by atoms with E-state index in [1.54, 1.807) is 6.07 Å². The first kappa shape index (κ1) is 16.8. The van der Waals surface area contributed by atoms with Gasteiger partial charge in [-0.2, -0.15) is 0 Å². The van der Waals surface area contributed by atoms with Crippen LogP contribution < -0.4 is 16.4 Å². The third-order valence-corrected chi connectivity index (χ3v) is 2.73. The standard InChI is InChI=1S/C16H24N4O/c1-4-8-18-15(21)14-7-5-6-13(9-14)11-20-16(17)19-10-12(2)3/h5-7,9H,2,4,8,10-11H2,1,3H3,(H,18,21)(H3,17,19,20). The van der Waals surface area contributed by atoms with E-state index in [0.29, 0.717) is 31.2 Å². The first-order valence-corrected chi connectivity index (χ1v) is 7.08. The van der Waals surface area contributed by atoms with E-state index in [-0.39, 0.29) is 5.91 Å². The molecule has 4 N–H and O–H groups in total. The van der Waals surface area contributed by atoms with Gasteiger partial charge in [0.05, 0.1) is 6.54 Å². The highest BCUT2D eigenvalue weighted by atomic mass is 16.1. The van der Waals surface area contributed by atoms with Crippen LogP contribution in [0.4, 0.5) is 0 Å². The second-order valence-corrected chi connectivity index (χ2v) is 4.97. The van der Waals surface area contributed by atoms with Crippen LogP contribution in [0.1, 0.15) is 36.2 Å². The first-order valence-electron chi connectivity index (χ1n) is 7.08. The fourth-order valence-corrected chi connectivity index (χ4v) is 1.63. The van der Waals surface area contributed by atoms with Gasteiger partial charge in [0, 0.05) is 18.7 Å². The molecule has 5 nitrogen and oxygen atoms in total. The third kappa shape index (κ3) is 6.61. The van der Waals surface area contributed by atoms with Gasteiger partial charge in [-0.25, -0.2) is 4.99 Å². The summed E-state index contributed by atoms with van der Waals surface area (Å²) in [6.45, 7) is 9.44. The maximum absolute atomic E-state index is 11.9. The number of nitrogens with two attached hydrogens (primary N) is 1. The van der Waals surface area contributed by atoms with Crippen LogP contribution in [0.5, 0.6) is 0 Å². The molecular weight excluding hydrogens is 264 g/mol. The third-order valence-electron chi connectivity index (χ3n) is 2.73. The van der Waals surface area contributed by atoms with E-state index in [4.69, 9.17) is 5.73 Å². The number of aliphatic imine (C=N–C) groups is 1. The summed E-state index contributed by atoms with van der Waals surface area (Å²) in [6.07, 6.45) is 0.917. The lowest BCUT2D eigenvalue weighted by Gasteiger charge is -2.06. The molecule has 0 saturated heterocycles. The van der Waals surface area contributed by atoms with Crippen molar-refractivity contribution in [3.63, 3.8) is 0 Å². The zero-order valence-corrected chi connectivity index (χ0v) is 12.8. The molecule has 1 aromatic carbocycles. The molecule has 0 fully saturated rings. The lowest BCUT2D eigenvalue weighted by Crippen LogP contribution is -2.32. The van der Waals surface area contributed by atoms with E-state index in [2.05, 4.69) is 22.2 Å². The quantitative estimate of drug-likeness (QED) is 0.407. The highest BCUT2D eigenvalue weighted by Crippen LogP contribution is 2.06. The molecule has 0 aliphatic carbocycles. The van der Waals surface area contributed by atoms with Gasteiger partial charge in [0.2, 0.25) is 0 Å². The predicted octanol–water partition coefficient (Wildman–Crippen LogP) is 1.81. The number of guanidine groups is 1. The number of rotatable bonds is 7. The van der Waals surface area contributed by atoms with Crippen LogP contribution in [0.15, 0.2) is 41.4 Å². The van der Waals surface area contributed by atoms with Gasteiger partial charge in [0.25, 0.3) is 5.91 Å². The fraction of sp³-hybridized carbons (Fsp3) is 0.375. The Morgan fingerprint density at radius 2 is 2.14 bits per heavy atom. The van der Waals surface area contributed by atoms with Crippen molar-refractivity contribution in [2.24, 2.45) is 10.7 Å². The summed E-state index contributed by atoms with van der Waals surface area (Å²) >= 11 is 0. The molecule has 0 bridgehead atoms. The largest absolute Gasteiger partial charge is 0.370 e. The van der Waals surface area contributed by atoms with Crippen LogP contribution in [0.2, 0.25) is 0 Å². The average Bonchev–Trinajstić information content (AvgIpc) is 2.48. The molecule has 0 radical (unpaired) electrons. The Labute approximate surface area is 126 Å². The summed E-state index contributed by atoms with van der Waals surface area (Å²) in [5, 5.41) is 5.82. The summed E-state index contributed by atoms with van der Waals surface area (Å²) in [5.74, 6) is 0.315. The number of amides is 1. The molecule has 0 aliphatic heterocycles. The van der Waals surface area contributed by atoms with Crippen molar-refractivity contribution in [1.29, 1.82) is 0 Å². The highest BCUT2D eigenvalue weighted by Gasteiger charge is 2.04. The number of hydrogen-bond donors (Lipinski definition) is 3.